The number of hydrogen-bond donors (Lipinski definition) is 2. The molecule has 0 spiro atoms. The Balaban J connectivity index is 0.00000338. The maximum absolute atomic E-state index is 5.08. The highest BCUT2D eigenvalue weighted by molar-refractivity contribution is 14.0. The fourth-order valence-electron chi connectivity index (χ4n) is 2.48. The van der Waals surface area contributed by atoms with Crippen LogP contribution in [0.5, 0.6) is 5.88 Å². The Morgan fingerprint density at radius 3 is 2.65 bits per heavy atom. The molecule has 0 aliphatic heterocycles. The fraction of sp³-hybridized carbons (Fsp3) is 0.400. The van der Waals surface area contributed by atoms with Crippen molar-refractivity contribution in [3.05, 3.63) is 59.3 Å². The molecule has 0 aliphatic rings. The zero-order valence-electron chi connectivity index (χ0n) is 16.0. The third kappa shape index (κ3) is 7.19. The lowest BCUT2D eigenvalue weighted by Gasteiger charge is -2.16. The molecule has 0 saturated heterocycles. The Kier molecular flexibility index (Phi) is 10.0. The number of halogens is 1. The highest BCUT2D eigenvalue weighted by atomic mass is 127. The van der Waals surface area contributed by atoms with Gasteiger partial charge in [0.25, 0.3) is 0 Å². The van der Waals surface area contributed by atoms with Gasteiger partial charge in [0.15, 0.2) is 5.96 Å². The smallest absolute Gasteiger partial charge is 0.212 e. The first-order valence-corrected chi connectivity index (χ1v) is 8.70. The van der Waals surface area contributed by atoms with Crippen molar-refractivity contribution in [3.63, 3.8) is 0 Å². The van der Waals surface area contributed by atoms with E-state index in [2.05, 4.69) is 65.6 Å². The van der Waals surface area contributed by atoms with E-state index in [1.165, 1.54) is 11.1 Å². The molecule has 2 aromatic rings. The molecule has 0 fully saturated rings. The van der Waals surface area contributed by atoms with Crippen molar-refractivity contribution in [2.24, 2.45) is 4.99 Å². The van der Waals surface area contributed by atoms with Gasteiger partial charge in [-0.3, -0.25) is 0 Å². The number of ether oxygens (including phenoxy) is 1. The first-order valence-electron chi connectivity index (χ1n) is 8.70. The van der Waals surface area contributed by atoms with Gasteiger partial charge in [-0.1, -0.05) is 42.8 Å². The Labute approximate surface area is 173 Å². The Morgan fingerprint density at radius 1 is 1.23 bits per heavy atom. The van der Waals surface area contributed by atoms with Crippen LogP contribution in [0.15, 0.2) is 47.6 Å². The van der Waals surface area contributed by atoms with E-state index >= 15 is 0 Å². The number of hydrogen-bond acceptors (Lipinski definition) is 3. The quantitative estimate of drug-likeness (QED) is 0.368. The monoisotopic (exact) mass is 468 g/mol. The fourth-order valence-corrected chi connectivity index (χ4v) is 2.48. The molecule has 0 radical (unpaired) electrons. The molecule has 0 aliphatic carbocycles. The van der Waals surface area contributed by atoms with Crippen LogP contribution < -0.4 is 15.4 Å². The van der Waals surface area contributed by atoms with Crippen LogP contribution in [-0.2, 0) is 6.54 Å². The van der Waals surface area contributed by atoms with Crippen LogP contribution in [0.1, 0.15) is 36.5 Å². The average molecular weight is 468 g/mol. The zero-order valence-corrected chi connectivity index (χ0v) is 18.3. The van der Waals surface area contributed by atoms with E-state index < -0.39 is 0 Å². The first kappa shape index (κ1) is 22.2. The molecular weight excluding hydrogens is 439 g/mol. The minimum absolute atomic E-state index is 0. The molecule has 0 amide bonds. The number of pyridine rings is 1. The minimum Gasteiger partial charge on any atom is -0.481 e. The van der Waals surface area contributed by atoms with Crippen molar-refractivity contribution >= 4 is 29.9 Å². The van der Waals surface area contributed by atoms with Gasteiger partial charge in [0.1, 0.15) is 0 Å². The number of aryl methyl sites for hydroxylation is 1. The summed E-state index contributed by atoms with van der Waals surface area (Å²) in [5.41, 5.74) is 3.67. The first-order chi connectivity index (χ1) is 12.1. The minimum atomic E-state index is 0. The number of benzene rings is 1. The maximum atomic E-state index is 5.08. The highest BCUT2D eigenvalue weighted by Crippen LogP contribution is 2.15. The highest BCUT2D eigenvalue weighted by Gasteiger charge is 2.07. The molecule has 0 bridgehead atoms. The van der Waals surface area contributed by atoms with E-state index in [-0.39, 0.29) is 24.0 Å². The largest absolute Gasteiger partial charge is 0.481 e. The van der Waals surface area contributed by atoms with Crippen LogP contribution in [0.4, 0.5) is 0 Å². The van der Waals surface area contributed by atoms with Gasteiger partial charge in [0, 0.05) is 25.4 Å². The van der Waals surface area contributed by atoms with Crippen molar-refractivity contribution in [3.8, 4) is 5.88 Å². The summed E-state index contributed by atoms with van der Waals surface area (Å²) in [5, 5.41) is 6.71. The van der Waals surface area contributed by atoms with Crippen molar-refractivity contribution < 1.29 is 4.74 Å². The predicted molar refractivity (Wildman–Crippen MR) is 119 cm³/mol. The number of guanidine groups is 1. The zero-order chi connectivity index (χ0) is 18.1. The molecule has 1 heterocycles. The average Bonchev–Trinajstić information content (AvgIpc) is 2.64. The van der Waals surface area contributed by atoms with Crippen molar-refractivity contribution in [1.29, 1.82) is 0 Å². The number of aromatic nitrogens is 1. The summed E-state index contributed by atoms with van der Waals surface area (Å²) in [4.78, 5) is 8.85. The Hall–Kier alpha value is -1.83. The van der Waals surface area contributed by atoms with E-state index in [0.717, 1.165) is 24.6 Å². The SMILES string of the molecule is CCNC(=NCc1ccc(OC)nc1)NCC(C)c1cccc(C)c1.I. The van der Waals surface area contributed by atoms with Crippen molar-refractivity contribution in [1.82, 2.24) is 15.6 Å². The molecule has 1 aromatic heterocycles. The van der Waals surface area contributed by atoms with Gasteiger partial charge in [-0.2, -0.15) is 0 Å². The summed E-state index contributed by atoms with van der Waals surface area (Å²) in [7, 11) is 1.61. The van der Waals surface area contributed by atoms with Crippen LogP contribution in [-0.4, -0.2) is 31.1 Å². The molecule has 1 atom stereocenters. The van der Waals surface area contributed by atoms with Crippen LogP contribution >= 0.6 is 24.0 Å². The normalized spacial score (nSPS) is 12.1. The molecule has 1 unspecified atom stereocenters. The van der Waals surface area contributed by atoms with Crippen molar-refractivity contribution in [2.75, 3.05) is 20.2 Å². The maximum Gasteiger partial charge on any atom is 0.212 e. The van der Waals surface area contributed by atoms with Gasteiger partial charge in [0.2, 0.25) is 5.88 Å². The van der Waals surface area contributed by atoms with E-state index in [1.54, 1.807) is 13.3 Å². The topological polar surface area (TPSA) is 58.5 Å². The van der Waals surface area contributed by atoms with Crippen LogP contribution in [0.25, 0.3) is 0 Å². The summed E-state index contributed by atoms with van der Waals surface area (Å²) in [6.45, 7) is 8.64. The number of aliphatic imine (C=N–C) groups is 1. The van der Waals surface area contributed by atoms with E-state index in [0.29, 0.717) is 18.3 Å². The second-order valence-corrected chi connectivity index (χ2v) is 6.10. The van der Waals surface area contributed by atoms with Crippen LogP contribution in [0.2, 0.25) is 0 Å². The molecule has 2 rings (SSSR count). The summed E-state index contributed by atoms with van der Waals surface area (Å²) in [6.07, 6.45) is 1.79. The number of methoxy groups -OCH3 is 1. The third-order valence-corrected chi connectivity index (χ3v) is 3.96. The van der Waals surface area contributed by atoms with Crippen LogP contribution in [0.3, 0.4) is 0 Å². The van der Waals surface area contributed by atoms with Gasteiger partial charge in [-0.15, -0.1) is 24.0 Å². The molecule has 6 heteroatoms. The summed E-state index contributed by atoms with van der Waals surface area (Å²) in [5.74, 6) is 1.84. The predicted octanol–water partition coefficient (Wildman–Crippen LogP) is 3.88. The number of nitrogens with one attached hydrogen (secondary N) is 2. The molecule has 142 valence electrons. The Morgan fingerprint density at radius 2 is 2.04 bits per heavy atom. The summed E-state index contributed by atoms with van der Waals surface area (Å²) < 4.78 is 5.08. The molecule has 1 aromatic carbocycles. The van der Waals surface area contributed by atoms with E-state index in [9.17, 15) is 0 Å². The van der Waals surface area contributed by atoms with E-state index in [1.807, 2.05) is 12.1 Å². The van der Waals surface area contributed by atoms with Gasteiger partial charge in [-0.25, -0.2) is 9.98 Å². The van der Waals surface area contributed by atoms with E-state index in [4.69, 9.17) is 4.74 Å². The molecular formula is C20H29IN4O. The van der Waals surface area contributed by atoms with Crippen LogP contribution in [0, 0.1) is 6.92 Å². The number of rotatable bonds is 7. The number of nitrogens with zero attached hydrogens (tertiary/aromatic N) is 2. The second kappa shape index (κ2) is 11.7. The third-order valence-electron chi connectivity index (χ3n) is 3.96. The lowest BCUT2D eigenvalue weighted by atomic mass is 9.99. The van der Waals surface area contributed by atoms with Gasteiger partial charge in [0.05, 0.1) is 13.7 Å². The van der Waals surface area contributed by atoms with Gasteiger partial charge < -0.3 is 15.4 Å². The molecule has 5 nitrogen and oxygen atoms in total. The standard InChI is InChI=1S/C20H28N4O.HI/c1-5-21-20(24-14-17-9-10-19(25-4)22-13-17)23-12-16(3)18-8-6-7-15(2)11-18;/h6-11,13,16H,5,12,14H2,1-4H3,(H2,21,23,24);1H. The summed E-state index contributed by atoms with van der Waals surface area (Å²) >= 11 is 0. The van der Waals surface area contributed by atoms with Crippen molar-refractivity contribution in [2.45, 2.75) is 33.2 Å². The Bertz CT molecular complexity index is 688. The summed E-state index contributed by atoms with van der Waals surface area (Å²) in [6, 6.07) is 12.5. The lowest BCUT2D eigenvalue weighted by Crippen LogP contribution is -2.39. The van der Waals surface area contributed by atoms with Gasteiger partial charge in [-0.05, 0) is 30.9 Å². The second-order valence-electron chi connectivity index (χ2n) is 6.10. The lowest BCUT2D eigenvalue weighted by molar-refractivity contribution is 0.397. The molecule has 2 N–H and O–H groups in total. The molecule has 26 heavy (non-hydrogen) atoms. The van der Waals surface area contributed by atoms with Gasteiger partial charge >= 0.3 is 0 Å². The molecule has 0 saturated carbocycles.